The van der Waals surface area contributed by atoms with E-state index < -0.39 is 28.1 Å². The molecule has 0 unspecified atom stereocenters. The molecule has 0 saturated heterocycles. The molecule has 0 aliphatic heterocycles. The van der Waals surface area contributed by atoms with E-state index in [1.165, 1.54) is 24.3 Å². The third kappa shape index (κ3) is 8.43. The molecule has 0 radical (unpaired) electrons. The van der Waals surface area contributed by atoms with Crippen molar-refractivity contribution < 1.29 is 35.7 Å². The minimum Gasteiger partial charge on any atom is -0.406 e. The number of hydrogen-bond acceptors (Lipinski definition) is 5. The van der Waals surface area contributed by atoms with E-state index in [-0.39, 0.29) is 17.7 Å². The Morgan fingerprint density at radius 3 is 2.07 bits per heavy atom. The largest absolute Gasteiger partial charge is 0.573 e. The number of ether oxygens (including phenoxy) is 1. The van der Waals surface area contributed by atoms with Crippen LogP contribution in [0.15, 0.2) is 79.0 Å². The first-order valence-corrected chi connectivity index (χ1v) is 14.5. The average molecular weight is 602 g/mol. The summed E-state index contributed by atoms with van der Waals surface area (Å²) in [5, 5.41) is 2.44. The molecule has 1 aromatic heterocycles. The molecule has 0 bridgehead atoms. The molecule has 8 nitrogen and oxygen atoms in total. The number of halogens is 3. The minimum absolute atomic E-state index is 0.0419. The molecule has 12 heteroatoms. The Morgan fingerprint density at radius 1 is 0.929 bits per heavy atom. The molecule has 4 aromatic rings. The van der Waals surface area contributed by atoms with Gasteiger partial charge in [0.1, 0.15) is 11.6 Å². The van der Waals surface area contributed by atoms with Gasteiger partial charge in [-0.05, 0) is 52.9 Å². The lowest BCUT2D eigenvalue weighted by atomic mass is 9.87. The number of imidazole rings is 1. The van der Waals surface area contributed by atoms with Crippen LogP contribution in [0.3, 0.4) is 0 Å². The molecule has 0 aliphatic rings. The normalized spacial score (nSPS) is 12.3. The van der Waals surface area contributed by atoms with Crippen LogP contribution in [0.5, 0.6) is 5.75 Å². The van der Waals surface area contributed by atoms with Gasteiger partial charge in [-0.1, -0.05) is 57.2 Å². The van der Waals surface area contributed by atoms with Gasteiger partial charge in [-0.25, -0.2) is 4.98 Å². The van der Waals surface area contributed by atoms with Crippen LogP contribution in [0.1, 0.15) is 42.3 Å². The fourth-order valence-corrected chi connectivity index (χ4v) is 4.57. The van der Waals surface area contributed by atoms with Gasteiger partial charge >= 0.3 is 6.36 Å². The molecule has 0 atom stereocenters. The summed E-state index contributed by atoms with van der Waals surface area (Å²) in [6, 6.07) is 20.2. The van der Waals surface area contributed by atoms with Crippen LogP contribution in [0.2, 0.25) is 0 Å². The Bertz CT molecular complexity index is 1640. The van der Waals surface area contributed by atoms with Crippen molar-refractivity contribution in [3.63, 3.8) is 0 Å². The second-order valence-electron chi connectivity index (χ2n) is 10.7. The summed E-state index contributed by atoms with van der Waals surface area (Å²) in [6.07, 6.45) is -2.98. The molecular formula is C30H30F3N3O5S. The van der Waals surface area contributed by atoms with E-state index in [1.54, 1.807) is 24.3 Å². The highest BCUT2D eigenvalue weighted by Gasteiger charge is 2.31. The molecular weight excluding hydrogens is 571 g/mol. The first-order chi connectivity index (χ1) is 19.6. The number of rotatable bonds is 9. The van der Waals surface area contributed by atoms with Crippen LogP contribution < -0.4 is 10.1 Å². The van der Waals surface area contributed by atoms with E-state index in [2.05, 4.69) is 30.8 Å². The fourth-order valence-electron chi connectivity index (χ4n) is 4.21. The Morgan fingerprint density at radius 2 is 1.52 bits per heavy atom. The van der Waals surface area contributed by atoms with Gasteiger partial charge in [0.15, 0.2) is 0 Å². The maximum absolute atomic E-state index is 12.6. The second-order valence-corrected chi connectivity index (χ2v) is 12.3. The first kappa shape index (κ1) is 30.8. The molecule has 0 fully saturated rings. The summed E-state index contributed by atoms with van der Waals surface area (Å²) in [6.45, 7) is 6.50. The first-order valence-electron chi connectivity index (χ1n) is 12.9. The van der Waals surface area contributed by atoms with Crippen LogP contribution in [0.25, 0.3) is 22.6 Å². The molecule has 4 rings (SSSR count). The smallest absolute Gasteiger partial charge is 0.406 e. The number of carbonyl (C=O) groups excluding carboxylic acids is 1. The Hall–Kier alpha value is -4.16. The highest BCUT2D eigenvalue weighted by molar-refractivity contribution is 7.85. The van der Waals surface area contributed by atoms with E-state index in [1.807, 2.05) is 35.0 Å². The number of aromatic nitrogens is 2. The summed E-state index contributed by atoms with van der Waals surface area (Å²) in [5.41, 5.74) is 4.27. The van der Waals surface area contributed by atoms with Gasteiger partial charge < -0.3 is 14.6 Å². The van der Waals surface area contributed by atoms with Crippen LogP contribution in [-0.2, 0) is 22.1 Å². The predicted octanol–water partition coefficient (Wildman–Crippen LogP) is 6.08. The Balaban J connectivity index is 1.61. The standard InChI is InChI=1S/C30H30F3N3O5S/c1-29(2,3)24-12-8-22(9-13-24)27-35-26(21-10-14-25(15-11-21)41-30(31,32)33)19-36(27)18-20-4-6-23(7-5-20)28(37)34-16-17-42(38,39)40/h4-15,19H,16-18H2,1-3H3,(H,34,37)(H,38,39,40). The summed E-state index contributed by atoms with van der Waals surface area (Å²) in [7, 11) is -4.18. The maximum atomic E-state index is 12.6. The van der Waals surface area contributed by atoms with E-state index >= 15 is 0 Å². The monoisotopic (exact) mass is 601 g/mol. The Kier molecular flexibility index (Phi) is 8.79. The van der Waals surface area contributed by atoms with Crippen LogP contribution in [0.4, 0.5) is 13.2 Å². The number of amides is 1. The van der Waals surface area contributed by atoms with Crippen molar-refractivity contribution in [2.24, 2.45) is 0 Å². The van der Waals surface area contributed by atoms with Gasteiger partial charge in [-0.3, -0.25) is 9.35 Å². The third-order valence-electron chi connectivity index (χ3n) is 6.38. The predicted molar refractivity (Wildman–Crippen MR) is 153 cm³/mol. The molecule has 1 heterocycles. The van der Waals surface area contributed by atoms with Crippen LogP contribution in [-0.4, -0.2) is 47.1 Å². The minimum atomic E-state index is -4.79. The third-order valence-corrected chi connectivity index (χ3v) is 7.10. The quantitative estimate of drug-likeness (QED) is 0.225. The van der Waals surface area contributed by atoms with Crippen molar-refractivity contribution >= 4 is 16.0 Å². The molecule has 0 saturated carbocycles. The van der Waals surface area contributed by atoms with E-state index in [4.69, 9.17) is 9.54 Å². The van der Waals surface area contributed by atoms with Crippen molar-refractivity contribution in [1.29, 1.82) is 0 Å². The highest BCUT2D eigenvalue weighted by Crippen LogP contribution is 2.30. The number of hydrogen-bond donors (Lipinski definition) is 2. The number of carbonyl (C=O) groups is 1. The summed E-state index contributed by atoms with van der Waals surface area (Å²) in [5.74, 6) is -0.747. The van der Waals surface area contributed by atoms with E-state index in [0.29, 0.717) is 29.2 Å². The lowest BCUT2D eigenvalue weighted by molar-refractivity contribution is -0.274. The zero-order valence-electron chi connectivity index (χ0n) is 23.1. The zero-order valence-corrected chi connectivity index (χ0v) is 24.0. The van der Waals surface area contributed by atoms with Crippen molar-refractivity contribution in [3.8, 4) is 28.4 Å². The molecule has 2 N–H and O–H groups in total. The van der Waals surface area contributed by atoms with Crippen LogP contribution in [0, 0.1) is 0 Å². The van der Waals surface area contributed by atoms with Crippen molar-refractivity contribution in [2.75, 3.05) is 12.3 Å². The number of nitrogens with zero attached hydrogens (tertiary/aromatic N) is 2. The van der Waals surface area contributed by atoms with Gasteiger partial charge in [0.2, 0.25) is 0 Å². The van der Waals surface area contributed by atoms with Gasteiger partial charge in [-0.15, -0.1) is 13.2 Å². The molecule has 0 spiro atoms. The highest BCUT2D eigenvalue weighted by atomic mass is 32.2. The van der Waals surface area contributed by atoms with Gasteiger partial charge in [0.05, 0.1) is 11.4 Å². The molecule has 0 aliphatic carbocycles. The molecule has 42 heavy (non-hydrogen) atoms. The number of nitrogens with one attached hydrogen (secondary N) is 1. The van der Waals surface area contributed by atoms with Crippen molar-refractivity contribution in [2.45, 2.75) is 39.1 Å². The molecule has 1 amide bonds. The van der Waals surface area contributed by atoms with E-state index in [9.17, 15) is 26.4 Å². The lowest BCUT2D eigenvalue weighted by Crippen LogP contribution is -2.28. The van der Waals surface area contributed by atoms with Crippen molar-refractivity contribution in [1.82, 2.24) is 14.9 Å². The molecule has 3 aromatic carbocycles. The topological polar surface area (TPSA) is 111 Å². The summed E-state index contributed by atoms with van der Waals surface area (Å²) >= 11 is 0. The summed E-state index contributed by atoms with van der Waals surface area (Å²) in [4.78, 5) is 17.1. The number of benzene rings is 3. The number of alkyl halides is 3. The maximum Gasteiger partial charge on any atom is 0.573 e. The Labute approximate surface area is 241 Å². The molecule has 222 valence electrons. The fraction of sp³-hybridized carbons (Fsp3) is 0.267. The van der Waals surface area contributed by atoms with Crippen LogP contribution >= 0.6 is 0 Å². The average Bonchev–Trinajstić information content (AvgIpc) is 3.31. The van der Waals surface area contributed by atoms with Gasteiger partial charge in [0.25, 0.3) is 16.0 Å². The SMILES string of the molecule is CC(C)(C)c1ccc(-c2nc(-c3ccc(OC(F)(F)F)cc3)cn2Cc2ccc(C(=O)NCCS(=O)(=O)O)cc2)cc1. The van der Waals surface area contributed by atoms with Crippen molar-refractivity contribution in [3.05, 3.63) is 95.7 Å². The van der Waals surface area contributed by atoms with E-state index in [0.717, 1.165) is 16.7 Å². The lowest BCUT2D eigenvalue weighted by Gasteiger charge is -2.19. The second kappa shape index (κ2) is 12.0. The van der Waals surface area contributed by atoms with Gasteiger partial charge in [0, 0.05) is 36.0 Å². The zero-order chi connectivity index (χ0) is 30.7. The summed E-state index contributed by atoms with van der Waals surface area (Å²) < 4.78 is 74.2. The van der Waals surface area contributed by atoms with Gasteiger partial charge in [-0.2, -0.15) is 8.42 Å².